The van der Waals surface area contributed by atoms with Crippen molar-refractivity contribution < 1.29 is 14.7 Å². The van der Waals surface area contributed by atoms with Crippen molar-refractivity contribution >= 4 is 35.1 Å². The summed E-state index contributed by atoms with van der Waals surface area (Å²) in [6.07, 6.45) is 0. The van der Waals surface area contributed by atoms with Gasteiger partial charge in [0.25, 0.3) is 0 Å². The van der Waals surface area contributed by atoms with Crippen LogP contribution in [0.5, 0.6) is 0 Å². The van der Waals surface area contributed by atoms with Gasteiger partial charge in [0.2, 0.25) is 0 Å². The molecule has 0 radical (unpaired) electrons. The Morgan fingerprint density at radius 1 is 1.15 bits per heavy atom. The number of hydrogen-bond acceptors (Lipinski definition) is 3. The molecule has 1 aliphatic heterocycles. The molecule has 0 fully saturated rings. The quantitative estimate of drug-likeness (QED) is 0.869. The monoisotopic (exact) mass is 304 g/mol. The molecule has 0 unspecified atom stereocenters. The van der Waals surface area contributed by atoms with Crippen molar-refractivity contribution in [1.82, 2.24) is 0 Å². The second-order valence-corrected chi connectivity index (χ2v) is 5.89. The average Bonchev–Trinajstić information content (AvgIpc) is 2.56. The van der Waals surface area contributed by atoms with Crippen molar-refractivity contribution in [3.05, 3.63) is 63.7 Å². The maximum absolute atomic E-state index is 12.5. The third kappa shape index (κ3) is 2.21. The van der Waals surface area contributed by atoms with E-state index in [9.17, 15) is 9.59 Å². The van der Waals surface area contributed by atoms with E-state index in [0.29, 0.717) is 26.8 Å². The average molecular weight is 305 g/mol. The first-order valence-electron chi connectivity index (χ1n) is 5.89. The molecule has 5 heteroatoms. The highest BCUT2D eigenvalue weighted by Crippen LogP contribution is 2.35. The first kappa shape index (κ1) is 13.2. The van der Waals surface area contributed by atoms with E-state index in [0.717, 1.165) is 5.56 Å². The molecule has 0 aliphatic carbocycles. The summed E-state index contributed by atoms with van der Waals surface area (Å²) in [6, 6.07) is 9.79. The van der Waals surface area contributed by atoms with E-state index >= 15 is 0 Å². The number of ketones is 1. The lowest BCUT2D eigenvalue weighted by molar-refractivity contribution is 0.0696. The number of fused-ring (bicyclic) bond motifs is 2. The van der Waals surface area contributed by atoms with Gasteiger partial charge in [-0.15, -0.1) is 11.8 Å². The minimum atomic E-state index is -0.995. The molecular weight excluding hydrogens is 296 g/mol. The van der Waals surface area contributed by atoms with Crippen LogP contribution in [0.3, 0.4) is 0 Å². The topological polar surface area (TPSA) is 54.4 Å². The molecule has 0 saturated carbocycles. The lowest BCUT2D eigenvalue weighted by Crippen LogP contribution is -2.05. The van der Waals surface area contributed by atoms with E-state index in [-0.39, 0.29) is 11.3 Å². The lowest BCUT2D eigenvalue weighted by atomic mass is 9.98. The van der Waals surface area contributed by atoms with Gasteiger partial charge >= 0.3 is 5.97 Å². The van der Waals surface area contributed by atoms with Crippen molar-refractivity contribution in [2.24, 2.45) is 0 Å². The third-order valence-corrected chi connectivity index (χ3v) is 4.51. The fraction of sp³-hybridized carbons (Fsp3) is 0.0667. The van der Waals surface area contributed by atoms with Crippen molar-refractivity contribution in [3.8, 4) is 0 Å². The largest absolute Gasteiger partial charge is 0.478 e. The minimum Gasteiger partial charge on any atom is -0.478 e. The van der Waals surface area contributed by atoms with E-state index in [1.165, 1.54) is 17.8 Å². The van der Waals surface area contributed by atoms with E-state index < -0.39 is 5.97 Å². The Kier molecular flexibility index (Phi) is 3.28. The summed E-state index contributed by atoms with van der Waals surface area (Å²) in [5, 5.41) is 9.61. The van der Waals surface area contributed by atoms with Crippen LogP contribution >= 0.6 is 23.4 Å². The van der Waals surface area contributed by atoms with Gasteiger partial charge in [0.05, 0.1) is 5.56 Å². The molecule has 100 valence electrons. The number of hydrogen-bond donors (Lipinski definition) is 1. The number of carbonyl (C=O) groups excluding carboxylic acids is 1. The zero-order valence-corrected chi connectivity index (χ0v) is 11.8. The minimum absolute atomic E-state index is 0.0893. The van der Waals surface area contributed by atoms with Crippen LogP contribution in [-0.4, -0.2) is 16.9 Å². The Bertz CT molecular complexity index is 740. The molecule has 0 amide bonds. The summed E-state index contributed by atoms with van der Waals surface area (Å²) >= 11 is 7.41. The molecule has 0 spiro atoms. The molecular formula is C15H9ClO3S. The van der Waals surface area contributed by atoms with Crippen LogP contribution in [-0.2, 0) is 5.75 Å². The van der Waals surface area contributed by atoms with E-state index in [1.807, 2.05) is 0 Å². The maximum atomic E-state index is 12.5. The standard InChI is InChI=1S/C15H9ClO3S/c16-10-2-4-11-9(5-10)7-20-13-6-8(15(18)19)1-3-12(13)14(11)17/h1-6H,7H2,(H,18,19). The fourth-order valence-corrected chi connectivity index (χ4v) is 3.44. The SMILES string of the molecule is O=C(O)c1ccc2c(c1)SCc1cc(Cl)ccc1C2=O. The Morgan fingerprint density at radius 3 is 2.65 bits per heavy atom. The maximum Gasteiger partial charge on any atom is 0.335 e. The van der Waals surface area contributed by atoms with E-state index in [2.05, 4.69) is 0 Å². The van der Waals surface area contributed by atoms with Crippen LogP contribution in [0, 0.1) is 0 Å². The van der Waals surface area contributed by atoms with Crippen LogP contribution in [0.2, 0.25) is 5.02 Å². The van der Waals surface area contributed by atoms with Crippen molar-refractivity contribution in [2.45, 2.75) is 10.6 Å². The van der Waals surface area contributed by atoms with Crippen molar-refractivity contribution in [3.63, 3.8) is 0 Å². The second kappa shape index (κ2) is 4.96. The number of thioether (sulfide) groups is 1. The summed E-state index contributed by atoms with van der Waals surface area (Å²) in [5.74, 6) is -0.489. The molecule has 0 bridgehead atoms. The highest BCUT2D eigenvalue weighted by atomic mass is 35.5. The lowest BCUT2D eigenvalue weighted by Gasteiger charge is -2.05. The van der Waals surface area contributed by atoms with Gasteiger partial charge in [0.15, 0.2) is 5.78 Å². The summed E-state index contributed by atoms with van der Waals surface area (Å²) < 4.78 is 0. The predicted octanol–water partition coefficient (Wildman–Crippen LogP) is 3.87. The van der Waals surface area contributed by atoms with E-state index in [4.69, 9.17) is 16.7 Å². The molecule has 2 aromatic rings. The molecule has 0 saturated heterocycles. The fourth-order valence-electron chi connectivity index (χ4n) is 2.17. The Morgan fingerprint density at radius 2 is 1.90 bits per heavy atom. The van der Waals surface area contributed by atoms with Gasteiger partial charge in [-0.05, 0) is 42.0 Å². The van der Waals surface area contributed by atoms with Gasteiger partial charge in [-0.1, -0.05) is 11.6 Å². The van der Waals surface area contributed by atoms with E-state index in [1.54, 1.807) is 30.3 Å². The van der Waals surface area contributed by atoms with Crippen molar-refractivity contribution in [1.29, 1.82) is 0 Å². The number of aromatic carboxylic acids is 1. The molecule has 3 rings (SSSR count). The van der Waals surface area contributed by atoms with Crippen LogP contribution in [0.4, 0.5) is 0 Å². The number of benzene rings is 2. The highest BCUT2D eigenvalue weighted by molar-refractivity contribution is 7.98. The molecule has 2 aromatic carbocycles. The second-order valence-electron chi connectivity index (χ2n) is 4.44. The predicted molar refractivity (Wildman–Crippen MR) is 77.8 cm³/mol. The number of carboxylic acid groups (broad SMARTS) is 1. The van der Waals surface area contributed by atoms with Gasteiger partial charge in [0, 0.05) is 26.8 Å². The number of rotatable bonds is 1. The van der Waals surface area contributed by atoms with Gasteiger partial charge in [0.1, 0.15) is 0 Å². The Hall–Kier alpha value is -1.78. The Labute approximate surface area is 124 Å². The van der Waals surface area contributed by atoms with Gasteiger partial charge in [-0.25, -0.2) is 4.79 Å². The van der Waals surface area contributed by atoms with Gasteiger partial charge in [-0.3, -0.25) is 4.79 Å². The number of halogens is 1. The molecule has 1 N–H and O–H groups in total. The van der Waals surface area contributed by atoms with Crippen LogP contribution in [0.25, 0.3) is 0 Å². The molecule has 20 heavy (non-hydrogen) atoms. The Balaban J connectivity index is 2.14. The van der Waals surface area contributed by atoms with Crippen LogP contribution < -0.4 is 0 Å². The summed E-state index contributed by atoms with van der Waals surface area (Å²) in [4.78, 5) is 24.2. The summed E-state index contributed by atoms with van der Waals surface area (Å²) in [7, 11) is 0. The molecule has 1 heterocycles. The number of carbonyl (C=O) groups is 2. The normalized spacial score (nSPS) is 13.3. The summed E-state index contributed by atoms with van der Waals surface area (Å²) in [6.45, 7) is 0. The molecule has 0 aromatic heterocycles. The van der Waals surface area contributed by atoms with Gasteiger partial charge < -0.3 is 5.11 Å². The van der Waals surface area contributed by atoms with Gasteiger partial charge in [-0.2, -0.15) is 0 Å². The molecule has 3 nitrogen and oxygen atoms in total. The zero-order chi connectivity index (χ0) is 14.3. The van der Waals surface area contributed by atoms with Crippen molar-refractivity contribution in [2.75, 3.05) is 0 Å². The number of carboxylic acids is 1. The first-order chi connectivity index (χ1) is 9.56. The summed E-state index contributed by atoms with van der Waals surface area (Å²) in [5.41, 5.74) is 2.23. The highest BCUT2D eigenvalue weighted by Gasteiger charge is 2.22. The smallest absolute Gasteiger partial charge is 0.335 e. The third-order valence-electron chi connectivity index (χ3n) is 3.17. The molecule has 0 atom stereocenters. The van der Waals surface area contributed by atoms with Crippen LogP contribution in [0.15, 0.2) is 41.3 Å². The first-order valence-corrected chi connectivity index (χ1v) is 7.26. The van der Waals surface area contributed by atoms with Crippen LogP contribution in [0.1, 0.15) is 31.8 Å². The zero-order valence-electron chi connectivity index (χ0n) is 10.2. The molecule has 1 aliphatic rings.